The van der Waals surface area contributed by atoms with Crippen LogP contribution < -0.4 is 10.1 Å². The van der Waals surface area contributed by atoms with Crippen LogP contribution in [0.4, 0.5) is 4.39 Å². The maximum Gasteiger partial charge on any atom is 0.165 e. The average Bonchev–Trinajstić information content (AvgIpc) is 2.43. The van der Waals surface area contributed by atoms with E-state index in [9.17, 15) is 4.39 Å². The molecule has 2 aromatic carbocycles. The first-order valence-corrected chi connectivity index (χ1v) is 7.77. The Morgan fingerprint density at radius 1 is 1.19 bits per heavy atom. The molecule has 0 aromatic heterocycles. The minimum absolute atomic E-state index is 0.178. The van der Waals surface area contributed by atoms with Crippen molar-refractivity contribution in [3.63, 3.8) is 0 Å². The Kier molecular flexibility index (Phi) is 5.62. The Bertz CT molecular complexity index is 634. The second kappa shape index (κ2) is 7.25. The highest BCUT2D eigenvalue weighted by Crippen LogP contribution is 2.31. The monoisotopic (exact) mass is 371 g/mol. The molecule has 2 aromatic rings. The summed E-state index contributed by atoms with van der Waals surface area (Å²) in [5.74, 6) is 0.359. The molecule has 112 valence electrons. The minimum atomic E-state index is -0.407. The highest BCUT2D eigenvalue weighted by atomic mass is 79.9. The van der Waals surface area contributed by atoms with Gasteiger partial charge in [-0.25, -0.2) is 4.39 Å². The predicted molar refractivity (Wildman–Crippen MR) is 87.6 cm³/mol. The topological polar surface area (TPSA) is 21.3 Å². The third-order valence-electron chi connectivity index (χ3n) is 2.84. The molecule has 0 spiro atoms. The van der Waals surface area contributed by atoms with Crippen LogP contribution in [0.25, 0.3) is 0 Å². The molecular formula is C16H16BrClFNO. The maximum absolute atomic E-state index is 13.8. The van der Waals surface area contributed by atoms with Gasteiger partial charge in [-0.2, -0.15) is 0 Å². The molecule has 0 amide bonds. The standard InChI is InChI=1S/C16H16BrClFNO/c1-10(2)20-9-11-7-13(18)4-6-15(11)21-16-8-12(17)3-5-14(16)19/h3-8,10,20H,9H2,1-2H3. The highest BCUT2D eigenvalue weighted by molar-refractivity contribution is 9.10. The fourth-order valence-electron chi connectivity index (χ4n) is 1.77. The Hall–Kier alpha value is -1.10. The Morgan fingerprint density at radius 3 is 2.67 bits per heavy atom. The van der Waals surface area contributed by atoms with Crippen LogP contribution in [0.1, 0.15) is 19.4 Å². The molecule has 0 saturated heterocycles. The molecule has 1 N–H and O–H groups in total. The van der Waals surface area contributed by atoms with Gasteiger partial charge in [0, 0.05) is 27.6 Å². The quantitative estimate of drug-likeness (QED) is 0.745. The molecular weight excluding hydrogens is 357 g/mol. The molecule has 0 heterocycles. The van der Waals surface area contributed by atoms with E-state index in [-0.39, 0.29) is 5.75 Å². The van der Waals surface area contributed by atoms with Gasteiger partial charge in [0.05, 0.1) is 0 Å². The van der Waals surface area contributed by atoms with Crippen molar-refractivity contribution in [2.24, 2.45) is 0 Å². The molecule has 5 heteroatoms. The Balaban J connectivity index is 2.28. The van der Waals surface area contributed by atoms with Gasteiger partial charge in [0.25, 0.3) is 0 Å². The van der Waals surface area contributed by atoms with Gasteiger partial charge in [-0.1, -0.05) is 41.4 Å². The second-order valence-electron chi connectivity index (χ2n) is 4.96. The first kappa shape index (κ1) is 16.3. The van der Waals surface area contributed by atoms with Gasteiger partial charge in [0.2, 0.25) is 0 Å². The van der Waals surface area contributed by atoms with Crippen LogP contribution >= 0.6 is 27.5 Å². The fraction of sp³-hybridized carbons (Fsp3) is 0.250. The summed E-state index contributed by atoms with van der Waals surface area (Å²) in [6, 6.07) is 10.2. The van der Waals surface area contributed by atoms with Gasteiger partial charge >= 0.3 is 0 Å². The third-order valence-corrected chi connectivity index (χ3v) is 3.56. The lowest BCUT2D eigenvalue weighted by Crippen LogP contribution is -2.22. The molecule has 0 saturated carbocycles. The molecule has 0 radical (unpaired) electrons. The number of benzene rings is 2. The van der Waals surface area contributed by atoms with E-state index in [4.69, 9.17) is 16.3 Å². The smallest absolute Gasteiger partial charge is 0.165 e. The van der Waals surface area contributed by atoms with E-state index in [1.165, 1.54) is 6.07 Å². The number of hydrogen-bond donors (Lipinski definition) is 1. The molecule has 0 aliphatic rings. The van der Waals surface area contributed by atoms with Gasteiger partial charge in [0.15, 0.2) is 11.6 Å². The van der Waals surface area contributed by atoms with E-state index in [1.54, 1.807) is 24.3 Å². The lowest BCUT2D eigenvalue weighted by Gasteiger charge is -2.14. The summed E-state index contributed by atoms with van der Waals surface area (Å²) in [6.45, 7) is 4.71. The van der Waals surface area contributed by atoms with Crippen molar-refractivity contribution in [3.8, 4) is 11.5 Å². The summed E-state index contributed by atoms with van der Waals surface area (Å²) < 4.78 is 20.3. The molecule has 21 heavy (non-hydrogen) atoms. The molecule has 2 rings (SSSR count). The van der Waals surface area contributed by atoms with E-state index >= 15 is 0 Å². The largest absolute Gasteiger partial charge is 0.454 e. The van der Waals surface area contributed by atoms with E-state index < -0.39 is 5.82 Å². The molecule has 0 aliphatic carbocycles. The Morgan fingerprint density at radius 2 is 1.95 bits per heavy atom. The summed E-state index contributed by atoms with van der Waals surface area (Å²) in [5, 5.41) is 3.92. The molecule has 0 atom stereocenters. The van der Waals surface area contributed by atoms with Gasteiger partial charge < -0.3 is 10.1 Å². The van der Waals surface area contributed by atoms with Crippen LogP contribution in [-0.4, -0.2) is 6.04 Å². The molecule has 0 fully saturated rings. The summed E-state index contributed by atoms with van der Waals surface area (Å²) in [7, 11) is 0. The lowest BCUT2D eigenvalue weighted by molar-refractivity contribution is 0.434. The van der Waals surface area contributed by atoms with Crippen molar-refractivity contribution in [2.75, 3.05) is 0 Å². The van der Waals surface area contributed by atoms with Crippen molar-refractivity contribution in [1.29, 1.82) is 0 Å². The van der Waals surface area contributed by atoms with Crippen molar-refractivity contribution in [2.45, 2.75) is 26.4 Å². The normalized spacial score (nSPS) is 11.0. The average molecular weight is 373 g/mol. The summed E-state index contributed by atoms with van der Waals surface area (Å²) in [6.07, 6.45) is 0. The summed E-state index contributed by atoms with van der Waals surface area (Å²) in [5.41, 5.74) is 0.885. The zero-order valence-corrected chi connectivity index (χ0v) is 14.1. The van der Waals surface area contributed by atoms with Crippen molar-refractivity contribution >= 4 is 27.5 Å². The molecule has 0 aliphatic heterocycles. The van der Waals surface area contributed by atoms with Gasteiger partial charge in [-0.05, 0) is 36.4 Å². The first-order valence-electron chi connectivity index (χ1n) is 6.60. The number of rotatable bonds is 5. The van der Waals surface area contributed by atoms with Gasteiger partial charge in [-0.15, -0.1) is 0 Å². The van der Waals surface area contributed by atoms with Crippen LogP contribution in [0.2, 0.25) is 5.02 Å². The van der Waals surface area contributed by atoms with Crippen molar-refractivity contribution in [3.05, 3.63) is 57.3 Å². The predicted octanol–water partition coefficient (Wildman–Crippen LogP) is 5.53. The maximum atomic E-state index is 13.8. The fourth-order valence-corrected chi connectivity index (χ4v) is 2.31. The first-order chi connectivity index (χ1) is 9.95. The number of halogens is 3. The summed E-state index contributed by atoms with van der Waals surface area (Å²) in [4.78, 5) is 0. The number of hydrogen-bond acceptors (Lipinski definition) is 2. The third kappa shape index (κ3) is 4.70. The van der Waals surface area contributed by atoms with Crippen molar-refractivity contribution < 1.29 is 9.13 Å². The van der Waals surface area contributed by atoms with E-state index in [0.717, 1.165) is 10.0 Å². The number of nitrogens with one attached hydrogen (secondary N) is 1. The molecule has 0 unspecified atom stereocenters. The second-order valence-corrected chi connectivity index (χ2v) is 6.32. The van der Waals surface area contributed by atoms with E-state index in [0.29, 0.717) is 23.4 Å². The van der Waals surface area contributed by atoms with Crippen molar-refractivity contribution in [1.82, 2.24) is 5.32 Å². The number of ether oxygens (including phenoxy) is 1. The van der Waals surface area contributed by atoms with Crippen LogP contribution in [-0.2, 0) is 6.54 Å². The van der Waals surface area contributed by atoms with Gasteiger partial charge in [0.1, 0.15) is 5.75 Å². The minimum Gasteiger partial charge on any atom is -0.454 e. The van der Waals surface area contributed by atoms with Crippen LogP contribution in [0, 0.1) is 5.82 Å². The van der Waals surface area contributed by atoms with E-state index in [2.05, 4.69) is 35.1 Å². The van der Waals surface area contributed by atoms with E-state index in [1.807, 2.05) is 6.07 Å². The molecule has 0 bridgehead atoms. The Labute approximate surface area is 137 Å². The zero-order chi connectivity index (χ0) is 15.4. The van der Waals surface area contributed by atoms with Crippen LogP contribution in [0.3, 0.4) is 0 Å². The van der Waals surface area contributed by atoms with Crippen LogP contribution in [0.5, 0.6) is 11.5 Å². The molecule has 2 nitrogen and oxygen atoms in total. The summed E-state index contributed by atoms with van der Waals surface area (Å²) >= 11 is 9.34. The zero-order valence-electron chi connectivity index (χ0n) is 11.8. The van der Waals surface area contributed by atoms with Crippen LogP contribution in [0.15, 0.2) is 40.9 Å². The SMILES string of the molecule is CC(C)NCc1cc(Cl)ccc1Oc1cc(Br)ccc1F. The lowest BCUT2D eigenvalue weighted by atomic mass is 10.2. The van der Waals surface area contributed by atoms with Gasteiger partial charge in [-0.3, -0.25) is 0 Å². The highest BCUT2D eigenvalue weighted by Gasteiger charge is 2.10.